The third-order valence-corrected chi connectivity index (χ3v) is 4.51. The molecule has 7 heteroatoms. The Kier molecular flexibility index (Phi) is 4.97. The molecule has 0 spiro atoms. The molecule has 0 aromatic heterocycles. The summed E-state index contributed by atoms with van der Waals surface area (Å²) in [6.45, 7) is 0.860. The van der Waals surface area contributed by atoms with Gasteiger partial charge in [0.25, 0.3) is 0 Å². The van der Waals surface area contributed by atoms with E-state index in [1.807, 2.05) is 24.3 Å². The van der Waals surface area contributed by atoms with Crippen molar-refractivity contribution in [2.45, 2.75) is 19.3 Å². The summed E-state index contributed by atoms with van der Waals surface area (Å²) in [5, 5.41) is 22.4. The van der Waals surface area contributed by atoms with E-state index < -0.39 is 22.4 Å². The Morgan fingerprint density at radius 1 is 1.00 bits per heavy atom. The molecule has 1 fully saturated rings. The van der Waals surface area contributed by atoms with E-state index in [2.05, 4.69) is 0 Å². The van der Waals surface area contributed by atoms with Gasteiger partial charge in [-0.3, -0.25) is 14.9 Å². The lowest BCUT2D eigenvalue weighted by atomic mass is 10.00. The highest BCUT2D eigenvalue weighted by Crippen LogP contribution is 2.24. The largest absolute Gasteiger partial charge is 0.473 e. The molecule has 1 aliphatic rings. The lowest BCUT2D eigenvalue weighted by Gasteiger charge is -2.29. The average Bonchev–Trinajstić information content (AvgIpc) is 2.65. The summed E-state index contributed by atoms with van der Waals surface area (Å²) in [6, 6.07) is 12.4. The van der Waals surface area contributed by atoms with Gasteiger partial charge in [0, 0.05) is 18.7 Å². The second kappa shape index (κ2) is 7.35. The smallest absolute Gasteiger partial charge is 0.409 e. The fourth-order valence-electron chi connectivity index (χ4n) is 3.25. The van der Waals surface area contributed by atoms with Crippen LogP contribution in [0.5, 0.6) is 0 Å². The van der Waals surface area contributed by atoms with Crippen molar-refractivity contribution in [1.29, 1.82) is 0 Å². The maximum Gasteiger partial charge on any atom is 0.409 e. The summed E-state index contributed by atoms with van der Waals surface area (Å²) in [6.07, 6.45) is 2.48. The molecule has 0 aliphatic carbocycles. The number of nitro groups is 1. The van der Waals surface area contributed by atoms with Gasteiger partial charge in [-0.25, -0.2) is 4.79 Å². The van der Waals surface area contributed by atoms with Gasteiger partial charge in [-0.2, -0.15) is 0 Å². The monoisotopic (exact) mass is 354 g/mol. The van der Waals surface area contributed by atoms with Crippen molar-refractivity contribution < 1.29 is 19.6 Å². The van der Waals surface area contributed by atoms with Gasteiger partial charge in [0.05, 0.1) is 4.92 Å². The van der Waals surface area contributed by atoms with Crippen molar-refractivity contribution in [1.82, 2.24) is 4.90 Å². The van der Waals surface area contributed by atoms with Crippen molar-refractivity contribution in [3.63, 3.8) is 0 Å². The zero-order valence-electron chi connectivity index (χ0n) is 14.1. The van der Waals surface area contributed by atoms with Crippen molar-refractivity contribution >= 4 is 22.5 Å². The van der Waals surface area contributed by atoms with Gasteiger partial charge >= 0.3 is 11.7 Å². The summed E-state index contributed by atoms with van der Waals surface area (Å²) < 4.78 is 0. The molecule has 26 heavy (non-hydrogen) atoms. The number of carbonyl (C=O) groups excluding carboxylic acids is 1. The summed E-state index contributed by atoms with van der Waals surface area (Å²) in [5.74, 6) is -2.34. The lowest BCUT2D eigenvalue weighted by Crippen LogP contribution is -2.36. The fraction of sp³-hybridized carbons (Fsp3) is 0.263. The van der Waals surface area contributed by atoms with E-state index in [0.29, 0.717) is 13.1 Å². The highest BCUT2D eigenvalue weighted by atomic mass is 16.6. The van der Waals surface area contributed by atoms with Crippen LogP contribution < -0.4 is 0 Å². The minimum absolute atomic E-state index is 0.241. The minimum atomic E-state index is -1.70. The normalized spacial score (nSPS) is 15.5. The number of likely N-dealkylation sites (tertiary alicyclic amines) is 1. The number of hydrogen-bond acceptors (Lipinski definition) is 5. The Hall–Kier alpha value is -3.22. The number of nitrogens with zero attached hydrogens (tertiary/aromatic N) is 2. The maximum absolute atomic E-state index is 13.1. The van der Waals surface area contributed by atoms with Gasteiger partial charge < -0.3 is 10.0 Å². The van der Waals surface area contributed by atoms with E-state index >= 15 is 0 Å². The quantitative estimate of drug-likeness (QED) is 0.383. The first kappa shape index (κ1) is 17.6. The van der Waals surface area contributed by atoms with Crippen molar-refractivity contribution in [2.24, 2.45) is 0 Å². The SMILES string of the molecule is O=C(O)/C(=C(/C(=O)c1ccc2ccccc2c1)N1CCCCC1)[N+](=O)[O-]. The van der Waals surface area contributed by atoms with Gasteiger partial charge in [0.15, 0.2) is 5.70 Å². The van der Waals surface area contributed by atoms with Gasteiger partial charge in [-0.05, 0) is 36.1 Å². The molecule has 1 aliphatic heterocycles. The number of fused-ring (bicyclic) bond motifs is 1. The van der Waals surface area contributed by atoms with Crippen LogP contribution in [0.3, 0.4) is 0 Å². The number of carbonyl (C=O) groups is 2. The van der Waals surface area contributed by atoms with Gasteiger partial charge in [-0.15, -0.1) is 0 Å². The lowest BCUT2D eigenvalue weighted by molar-refractivity contribution is -0.422. The summed E-state index contributed by atoms with van der Waals surface area (Å²) in [5.41, 5.74) is -1.16. The second-order valence-electron chi connectivity index (χ2n) is 6.20. The Balaban J connectivity index is 2.12. The molecular weight excluding hydrogens is 336 g/mol. The number of carboxylic acids is 1. The number of Topliss-reactive ketones (excluding diaryl/α,β-unsaturated/α-hetero) is 1. The van der Waals surface area contributed by atoms with E-state index in [9.17, 15) is 24.8 Å². The van der Waals surface area contributed by atoms with Crippen LogP contribution in [0.2, 0.25) is 0 Å². The van der Waals surface area contributed by atoms with E-state index in [4.69, 9.17) is 0 Å². The molecule has 134 valence electrons. The number of hydrogen-bond donors (Lipinski definition) is 1. The first-order valence-electron chi connectivity index (χ1n) is 8.39. The molecule has 7 nitrogen and oxygen atoms in total. The molecule has 0 amide bonds. The Morgan fingerprint density at radius 3 is 2.27 bits per heavy atom. The highest BCUT2D eigenvalue weighted by Gasteiger charge is 2.36. The molecule has 3 rings (SSSR count). The van der Waals surface area contributed by atoms with Crippen LogP contribution in [-0.4, -0.2) is 39.8 Å². The third kappa shape index (κ3) is 3.42. The molecule has 0 unspecified atom stereocenters. The molecule has 0 saturated carbocycles. The van der Waals surface area contributed by atoms with E-state index in [0.717, 1.165) is 30.0 Å². The number of piperidine rings is 1. The summed E-state index contributed by atoms with van der Waals surface area (Å²) in [7, 11) is 0. The van der Waals surface area contributed by atoms with Crippen molar-refractivity contribution in [3.8, 4) is 0 Å². The second-order valence-corrected chi connectivity index (χ2v) is 6.20. The number of ketones is 1. The molecule has 1 saturated heterocycles. The Labute approximate surface area is 149 Å². The highest BCUT2D eigenvalue weighted by molar-refractivity contribution is 6.12. The van der Waals surface area contributed by atoms with Gasteiger partial charge in [-0.1, -0.05) is 36.4 Å². The maximum atomic E-state index is 13.1. The van der Waals surface area contributed by atoms with E-state index in [-0.39, 0.29) is 11.3 Å². The summed E-state index contributed by atoms with van der Waals surface area (Å²) in [4.78, 5) is 36.5. The van der Waals surface area contributed by atoms with Crippen LogP contribution in [-0.2, 0) is 4.79 Å². The third-order valence-electron chi connectivity index (χ3n) is 4.51. The molecule has 2 aromatic carbocycles. The minimum Gasteiger partial charge on any atom is -0.473 e. The number of allylic oxidation sites excluding steroid dienone is 1. The number of benzene rings is 2. The van der Waals surface area contributed by atoms with Crippen LogP contribution in [0, 0.1) is 10.1 Å². The standard InChI is InChI=1S/C19H18N2O5/c22-18(15-9-8-13-6-2-3-7-14(13)12-15)16(17(19(23)24)21(25)26)20-10-4-1-5-11-20/h2-3,6-9,12H,1,4-5,10-11H2,(H,23,24)/b17-16+. The molecule has 0 bridgehead atoms. The molecule has 0 radical (unpaired) electrons. The molecule has 0 atom stereocenters. The first-order valence-corrected chi connectivity index (χ1v) is 8.39. The molecule has 1 heterocycles. The van der Waals surface area contributed by atoms with E-state index in [1.54, 1.807) is 18.2 Å². The van der Waals surface area contributed by atoms with Crippen LogP contribution in [0.4, 0.5) is 0 Å². The van der Waals surface area contributed by atoms with Crippen LogP contribution in [0.15, 0.2) is 53.9 Å². The predicted molar refractivity (Wildman–Crippen MR) is 95.4 cm³/mol. The molecular formula is C19H18N2O5. The van der Waals surface area contributed by atoms with Crippen LogP contribution in [0.25, 0.3) is 10.8 Å². The van der Waals surface area contributed by atoms with Gasteiger partial charge in [0.2, 0.25) is 5.78 Å². The average molecular weight is 354 g/mol. The molecule has 1 N–H and O–H groups in total. The first-order chi connectivity index (χ1) is 12.5. The fourth-order valence-corrected chi connectivity index (χ4v) is 3.25. The zero-order valence-corrected chi connectivity index (χ0v) is 14.1. The number of carboxylic acid groups (broad SMARTS) is 1. The Morgan fingerprint density at radius 2 is 1.65 bits per heavy atom. The van der Waals surface area contributed by atoms with E-state index in [1.165, 1.54) is 4.90 Å². The number of aliphatic carboxylic acids is 1. The molecule has 2 aromatic rings. The summed E-state index contributed by atoms with van der Waals surface area (Å²) >= 11 is 0. The topological polar surface area (TPSA) is 101 Å². The van der Waals surface area contributed by atoms with Gasteiger partial charge in [0.1, 0.15) is 0 Å². The van der Waals surface area contributed by atoms with Crippen molar-refractivity contribution in [2.75, 3.05) is 13.1 Å². The predicted octanol–water partition coefficient (Wildman–Crippen LogP) is 3.08. The number of rotatable bonds is 5. The van der Waals surface area contributed by atoms with Crippen LogP contribution >= 0.6 is 0 Å². The van der Waals surface area contributed by atoms with Crippen molar-refractivity contribution in [3.05, 3.63) is 69.5 Å². The van der Waals surface area contributed by atoms with Crippen LogP contribution in [0.1, 0.15) is 29.6 Å². The Bertz CT molecular complexity index is 897. The zero-order chi connectivity index (χ0) is 18.7.